The molecule has 0 aliphatic heterocycles. The zero-order valence-corrected chi connectivity index (χ0v) is 12.7. The van der Waals surface area contributed by atoms with E-state index in [4.69, 9.17) is 22.3 Å². The molecule has 0 saturated heterocycles. The standard InChI is InChI=1S/C20H18O2/c1-5-19(15-7-11-17(21-3)12-8-15)20(6-2)16-9-13-18(22-4)14-10-16/h1-2,7-14,19-20H,3-4H3. The van der Waals surface area contributed by atoms with Gasteiger partial charge in [0.2, 0.25) is 0 Å². The van der Waals surface area contributed by atoms with Gasteiger partial charge in [-0.05, 0) is 35.4 Å². The number of hydrogen-bond donors (Lipinski definition) is 0. The number of benzene rings is 2. The molecular formula is C20H18O2. The second kappa shape index (κ2) is 7.25. The number of hydrogen-bond acceptors (Lipinski definition) is 2. The van der Waals surface area contributed by atoms with Gasteiger partial charge in [0.25, 0.3) is 0 Å². The number of rotatable bonds is 5. The van der Waals surface area contributed by atoms with E-state index in [1.54, 1.807) is 14.2 Å². The molecule has 2 atom stereocenters. The predicted octanol–water partition coefficient (Wildman–Crippen LogP) is 3.84. The fourth-order valence-electron chi connectivity index (χ4n) is 2.39. The van der Waals surface area contributed by atoms with E-state index >= 15 is 0 Å². The molecule has 2 rings (SSSR count). The highest BCUT2D eigenvalue weighted by molar-refractivity contribution is 5.42. The molecule has 0 bridgehead atoms. The number of terminal acetylenes is 2. The highest BCUT2D eigenvalue weighted by atomic mass is 16.5. The first kappa shape index (κ1) is 15.5. The molecule has 0 radical (unpaired) electrons. The number of ether oxygens (including phenoxy) is 2. The van der Waals surface area contributed by atoms with Crippen LogP contribution in [0.4, 0.5) is 0 Å². The van der Waals surface area contributed by atoms with E-state index in [0.29, 0.717) is 0 Å². The summed E-state index contributed by atoms with van der Waals surface area (Å²) in [7, 11) is 3.27. The van der Waals surface area contributed by atoms with Gasteiger partial charge in [-0.15, -0.1) is 12.8 Å². The van der Waals surface area contributed by atoms with Crippen LogP contribution in [0.2, 0.25) is 0 Å². The van der Waals surface area contributed by atoms with Crippen molar-refractivity contribution < 1.29 is 9.47 Å². The quantitative estimate of drug-likeness (QED) is 0.779. The monoisotopic (exact) mass is 290 g/mol. The summed E-state index contributed by atoms with van der Waals surface area (Å²) in [6.07, 6.45) is 11.5. The summed E-state index contributed by atoms with van der Waals surface area (Å²) in [5.74, 6) is 6.84. The molecule has 0 spiro atoms. The maximum atomic E-state index is 5.74. The average molecular weight is 290 g/mol. The van der Waals surface area contributed by atoms with Crippen molar-refractivity contribution in [2.45, 2.75) is 11.8 Å². The van der Waals surface area contributed by atoms with Crippen LogP contribution in [-0.2, 0) is 0 Å². The Hall–Kier alpha value is -2.84. The fourth-order valence-corrected chi connectivity index (χ4v) is 2.39. The fraction of sp³-hybridized carbons (Fsp3) is 0.200. The van der Waals surface area contributed by atoms with Crippen LogP contribution >= 0.6 is 0 Å². The Kier molecular flexibility index (Phi) is 5.12. The SMILES string of the molecule is C#CC(c1ccc(OC)cc1)C(C#C)c1ccc(OC)cc1. The van der Waals surface area contributed by atoms with Crippen molar-refractivity contribution >= 4 is 0 Å². The van der Waals surface area contributed by atoms with Gasteiger partial charge in [-0.25, -0.2) is 0 Å². The van der Waals surface area contributed by atoms with Crippen molar-refractivity contribution in [3.05, 3.63) is 59.7 Å². The maximum absolute atomic E-state index is 5.74. The molecule has 110 valence electrons. The molecule has 22 heavy (non-hydrogen) atoms. The molecule has 0 aromatic heterocycles. The minimum Gasteiger partial charge on any atom is -0.497 e. The van der Waals surface area contributed by atoms with Crippen molar-refractivity contribution in [3.8, 4) is 36.2 Å². The van der Waals surface area contributed by atoms with Crippen LogP contribution in [0.3, 0.4) is 0 Å². The van der Waals surface area contributed by atoms with Crippen LogP contribution in [0.15, 0.2) is 48.5 Å². The molecule has 0 aliphatic rings. The van der Waals surface area contributed by atoms with Gasteiger partial charge in [-0.1, -0.05) is 36.1 Å². The third kappa shape index (κ3) is 3.25. The van der Waals surface area contributed by atoms with Crippen molar-refractivity contribution in [1.29, 1.82) is 0 Å². The summed E-state index contributed by atoms with van der Waals surface area (Å²) < 4.78 is 10.3. The first-order valence-electron chi connectivity index (χ1n) is 6.93. The van der Waals surface area contributed by atoms with Gasteiger partial charge < -0.3 is 9.47 Å². The molecule has 0 aliphatic carbocycles. The molecule has 0 saturated carbocycles. The van der Waals surface area contributed by atoms with Gasteiger partial charge in [-0.3, -0.25) is 0 Å². The third-order valence-electron chi connectivity index (χ3n) is 3.64. The summed E-state index contributed by atoms with van der Waals surface area (Å²) in [6.45, 7) is 0. The summed E-state index contributed by atoms with van der Waals surface area (Å²) >= 11 is 0. The lowest BCUT2D eigenvalue weighted by molar-refractivity contribution is 0.414. The minimum atomic E-state index is -0.190. The zero-order valence-electron chi connectivity index (χ0n) is 12.7. The highest BCUT2D eigenvalue weighted by Gasteiger charge is 2.21. The van der Waals surface area contributed by atoms with Gasteiger partial charge in [0.05, 0.1) is 26.1 Å². The summed E-state index contributed by atoms with van der Waals surface area (Å²) in [4.78, 5) is 0. The Bertz CT molecular complexity index is 621. The van der Waals surface area contributed by atoms with E-state index < -0.39 is 0 Å². The topological polar surface area (TPSA) is 18.5 Å². The van der Waals surface area contributed by atoms with E-state index in [-0.39, 0.29) is 11.8 Å². The first-order valence-corrected chi connectivity index (χ1v) is 6.93. The molecular weight excluding hydrogens is 272 g/mol. The van der Waals surface area contributed by atoms with Crippen molar-refractivity contribution in [2.24, 2.45) is 0 Å². The maximum Gasteiger partial charge on any atom is 0.118 e. The van der Waals surface area contributed by atoms with Crippen LogP contribution in [0.25, 0.3) is 0 Å². The van der Waals surface area contributed by atoms with Gasteiger partial charge in [-0.2, -0.15) is 0 Å². The molecule has 2 heteroatoms. The van der Waals surface area contributed by atoms with Crippen LogP contribution in [0.1, 0.15) is 23.0 Å². The van der Waals surface area contributed by atoms with Crippen LogP contribution in [0.5, 0.6) is 11.5 Å². The van der Waals surface area contributed by atoms with Gasteiger partial charge >= 0.3 is 0 Å². The largest absolute Gasteiger partial charge is 0.497 e. The van der Waals surface area contributed by atoms with Gasteiger partial charge in [0.1, 0.15) is 11.5 Å². The lowest BCUT2D eigenvalue weighted by Gasteiger charge is -2.19. The number of methoxy groups -OCH3 is 2. The predicted molar refractivity (Wildman–Crippen MR) is 89.1 cm³/mol. The van der Waals surface area contributed by atoms with Crippen LogP contribution in [0, 0.1) is 24.7 Å². The van der Waals surface area contributed by atoms with Gasteiger partial charge in [0.15, 0.2) is 0 Å². The lowest BCUT2D eigenvalue weighted by atomic mass is 9.82. The third-order valence-corrected chi connectivity index (χ3v) is 3.64. The van der Waals surface area contributed by atoms with Crippen LogP contribution < -0.4 is 9.47 Å². The molecule has 0 fully saturated rings. The Morgan fingerprint density at radius 1 is 0.682 bits per heavy atom. The smallest absolute Gasteiger partial charge is 0.118 e. The van der Waals surface area contributed by atoms with Crippen molar-refractivity contribution in [2.75, 3.05) is 14.2 Å². The highest BCUT2D eigenvalue weighted by Crippen LogP contribution is 2.33. The molecule has 2 nitrogen and oxygen atoms in total. The minimum absolute atomic E-state index is 0.190. The lowest BCUT2D eigenvalue weighted by Crippen LogP contribution is -2.08. The van der Waals surface area contributed by atoms with Crippen LogP contribution in [-0.4, -0.2) is 14.2 Å². The summed E-state index contributed by atoms with van der Waals surface area (Å²) in [5, 5.41) is 0. The van der Waals surface area contributed by atoms with Crippen molar-refractivity contribution in [3.63, 3.8) is 0 Å². The van der Waals surface area contributed by atoms with Crippen molar-refractivity contribution in [1.82, 2.24) is 0 Å². The molecule has 0 heterocycles. The van der Waals surface area contributed by atoms with E-state index in [2.05, 4.69) is 11.8 Å². The normalized spacial score (nSPS) is 12.5. The second-order valence-corrected chi connectivity index (χ2v) is 4.83. The summed E-state index contributed by atoms with van der Waals surface area (Å²) in [6, 6.07) is 15.4. The zero-order chi connectivity index (χ0) is 15.9. The van der Waals surface area contributed by atoms with E-state index in [9.17, 15) is 0 Å². The van der Waals surface area contributed by atoms with E-state index in [1.165, 1.54) is 0 Å². The van der Waals surface area contributed by atoms with E-state index in [1.807, 2.05) is 48.5 Å². The Morgan fingerprint density at radius 3 is 1.23 bits per heavy atom. The average Bonchev–Trinajstić information content (AvgIpc) is 2.60. The van der Waals surface area contributed by atoms with E-state index in [0.717, 1.165) is 22.6 Å². The molecule has 2 aromatic rings. The molecule has 0 N–H and O–H groups in total. The first-order chi connectivity index (χ1) is 10.7. The Balaban J connectivity index is 2.33. The Morgan fingerprint density at radius 2 is 1.00 bits per heavy atom. The molecule has 2 unspecified atom stereocenters. The van der Waals surface area contributed by atoms with Gasteiger partial charge in [0, 0.05) is 0 Å². The molecule has 0 amide bonds. The Labute approximate surface area is 132 Å². The second-order valence-electron chi connectivity index (χ2n) is 4.83. The molecule has 2 aromatic carbocycles. The summed E-state index contributed by atoms with van der Waals surface area (Å²) in [5.41, 5.74) is 2.00.